The molecule has 6 rings (SSSR count). The molecule has 3 aromatic heterocycles. The first kappa shape index (κ1) is 24.1. The molecule has 0 bridgehead atoms. The first-order valence-electron chi connectivity index (χ1n) is 12.1. The number of nitrogens with one attached hydrogen (secondary N) is 1. The van der Waals surface area contributed by atoms with Gasteiger partial charge in [-0.2, -0.15) is 0 Å². The van der Waals surface area contributed by atoms with Crippen LogP contribution in [0.25, 0.3) is 22.0 Å². The predicted octanol–water partition coefficient (Wildman–Crippen LogP) is 5.22. The van der Waals surface area contributed by atoms with Gasteiger partial charge in [0, 0.05) is 64.9 Å². The van der Waals surface area contributed by atoms with Gasteiger partial charge in [-0.3, -0.25) is 14.3 Å². The van der Waals surface area contributed by atoms with Gasteiger partial charge < -0.3 is 15.0 Å². The number of amides is 1. The molecule has 2 N–H and O–H groups in total. The van der Waals surface area contributed by atoms with Gasteiger partial charge in [0.25, 0.3) is 0 Å². The number of aromatic nitrogens is 3. The average molecular weight is 527 g/mol. The number of pyridine rings is 1. The van der Waals surface area contributed by atoms with Crippen LogP contribution in [0.15, 0.2) is 85.5 Å². The van der Waals surface area contributed by atoms with Crippen molar-refractivity contribution < 1.29 is 19.1 Å². The van der Waals surface area contributed by atoms with Crippen molar-refractivity contribution in [2.75, 3.05) is 13.2 Å². The highest BCUT2D eigenvalue weighted by molar-refractivity contribution is 7.99. The Morgan fingerprint density at radius 2 is 1.89 bits per heavy atom. The summed E-state index contributed by atoms with van der Waals surface area (Å²) in [7, 11) is 0. The van der Waals surface area contributed by atoms with E-state index in [0.29, 0.717) is 27.8 Å². The molecule has 9 heteroatoms. The number of aliphatic hydroxyl groups is 1. The molecule has 1 amide bonds. The van der Waals surface area contributed by atoms with E-state index in [4.69, 9.17) is 0 Å². The lowest BCUT2D eigenvalue weighted by atomic mass is 10.00. The summed E-state index contributed by atoms with van der Waals surface area (Å²) in [6.45, 7) is -0.121. The lowest BCUT2D eigenvalue weighted by Crippen LogP contribution is -2.30. The molecule has 0 fully saturated rings. The van der Waals surface area contributed by atoms with E-state index in [1.165, 1.54) is 16.7 Å². The Kier molecular flexibility index (Phi) is 6.30. The largest absolute Gasteiger partial charge is 0.395 e. The second-order valence-electron chi connectivity index (χ2n) is 8.97. The van der Waals surface area contributed by atoms with E-state index in [1.807, 2.05) is 48.8 Å². The molecule has 1 unspecified atom stereocenters. The summed E-state index contributed by atoms with van der Waals surface area (Å²) in [4.78, 5) is 31.1. The standard InChI is InChI=1S/C29H23FN4O3S/c30-21-6-3-18(4-7-21)19-5-8-22-24(16-34(25(22)14-19)29(37)32-11-13-35)27(36)23-9-12-33-26(23)17-38-28(33)20-2-1-10-31-15-20/h1-10,12,14-16,28,35H,11,13,17H2,(H,32,37). The highest BCUT2D eigenvalue weighted by atomic mass is 32.2. The molecule has 190 valence electrons. The monoisotopic (exact) mass is 526 g/mol. The lowest BCUT2D eigenvalue weighted by molar-refractivity contribution is 0.103. The minimum atomic E-state index is -0.450. The number of rotatable bonds is 6. The number of benzene rings is 2. The van der Waals surface area contributed by atoms with Crippen molar-refractivity contribution in [3.05, 3.63) is 114 Å². The fourth-order valence-corrected chi connectivity index (χ4v) is 6.18. The maximum Gasteiger partial charge on any atom is 0.326 e. The van der Waals surface area contributed by atoms with Gasteiger partial charge >= 0.3 is 6.03 Å². The molecule has 0 radical (unpaired) electrons. The number of halogens is 1. The summed E-state index contributed by atoms with van der Waals surface area (Å²) >= 11 is 1.73. The van der Waals surface area contributed by atoms with Crippen molar-refractivity contribution in [2.45, 2.75) is 11.1 Å². The molecule has 1 aliphatic heterocycles. The number of aliphatic hydroxyl groups excluding tert-OH is 1. The smallest absolute Gasteiger partial charge is 0.326 e. The topological polar surface area (TPSA) is 89.2 Å². The molecule has 1 aliphatic rings. The van der Waals surface area contributed by atoms with Crippen LogP contribution in [0.2, 0.25) is 0 Å². The Morgan fingerprint density at radius 3 is 2.66 bits per heavy atom. The minimum Gasteiger partial charge on any atom is -0.395 e. The maximum atomic E-state index is 13.9. The van der Waals surface area contributed by atoms with E-state index < -0.39 is 6.03 Å². The minimum absolute atomic E-state index is 0.0455. The van der Waals surface area contributed by atoms with Gasteiger partial charge in [-0.05, 0) is 41.5 Å². The number of ketones is 1. The summed E-state index contributed by atoms with van der Waals surface area (Å²) in [6.07, 6.45) is 7.06. The Balaban J connectivity index is 1.42. The highest BCUT2D eigenvalue weighted by Gasteiger charge is 2.30. The number of nitrogens with zero attached hydrogens (tertiary/aromatic N) is 3. The van der Waals surface area contributed by atoms with E-state index >= 15 is 0 Å². The summed E-state index contributed by atoms with van der Waals surface area (Å²) in [5.41, 5.74) is 5.12. The SMILES string of the molecule is O=C(c1ccn2c1CSC2c1cccnc1)c1cn(C(=O)NCCO)c2cc(-c3ccc(F)cc3)ccc12. The maximum absolute atomic E-state index is 13.9. The number of fused-ring (bicyclic) bond motifs is 2. The van der Waals surface area contributed by atoms with Crippen LogP contribution in [-0.4, -0.2) is 44.2 Å². The molecule has 1 atom stereocenters. The van der Waals surface area contributed by atoms with Crippen LogP contribution in [0.5, 0.6) is 0 Å². The number of carbonyl (C=O) groups excluding carboxylic acids is 2. The zero-order valence-corrected chi connectivity index (χ0v) is 21.0. The summed E-state index contributed by atoms with van der Waals surface area (Å²) < 4.78 is 17.0. The Bertz CT molecular complexity index is 1660. The van der Waals surface area contributed by atoms with E-state index in [9.17, 15) is 19.1 Å². The second kappa shape index (κ2) is 9.92. The lowest BCUT2D eigenvalue weighted by Gasteiger charge is -2.11. The van der Waals surface area contributed by atoms with Crippen LogP contribution in [0.1, 0.15) is 32.6 Å². The Labute approximate surface area is 221 Å². The number of carbonyl (C=O) groups is 2. The average Bonchev–Trinajstić information content (AvgIpc) is 3.66. The highest BCUT2D eigenvalue weighted by Crippen LogP contribution is 2.42. The van der Waals surface area contributed by atoms with Crippen molar-refractivity contribution in [3.63, 3.8) is 0 Å². The molecule has 0 aliphatic carbocycles. The number of thioether (sulfide) groups is 1. The zero-order valence-electron chi connectivity index (χ0n) is 20.2. The van der Waals surface area contributed by atoms with Crippen LogP contribution >= 0.6 is 11.8 Å². The van der Waals surface area contributed by atoms with Crippen molar-refractivity contribution in [1.82, 2.24) is 19.4 Å². The first-order valence-corrected chi connectivity index (χ1v) is 13.2. The van der Waals surface area contributed by atoms with Gasteiger partial charge in [0.15, 0.2) is 5.78 Å². The van der Waals surface area contributed by atoms with Crippen molar-refractivity contribution in [1.29, 1.82) is 0 Å². The van der Waals surface area contributed by atoms with Gasteiger partial charge in [-0.1, -0.05) is 30.3 Å². The molecule has 0 saturated heterocycles. The van der Waals surface area contributed by atoms with Crippen LogP contribution in [0, 0.1) is 5.82 Å². The van der Waals surface area contributed by atoms with Crippen LogP contribution in [-0.2, 0) is 5.75 Å². The summed E-state index contributed by atoms with van der Waals surface area (Å²) in [5.74, 6) is 0.177. The van der Waals surface area contributed by atoms with Crippen molar-refractivity contribution in [3.8, 4) is 11.1 Å². The van der Waals surface area contributed by atoms with Gasteiger partial charge in [-0.25, -0.2) is 9.18 Å². The third-order valence-electron chi connectivity index (χ3n) is 6.70. The molecule has 2 aromatic carbocycles. The Hall–Kier alpha value is -4.21. The van der Waals surface area contributed by atoms with Crippen molar-refractivity contribution >= 4 is 34.5 Å². The summed E-state index contributed by atoms with van der Waals surface area (Å²) in [6, 6.07) is 16.9. The molecule has 0 saturated carbocycles. The zero-order chi connectivity index (χ0) is 26.2. The van der Waals surface area contributed by atoms with E-state index in [1.54, 1.807) is 36.3 Å². The molecular weight excluding hydrogens is 503 g/mol. The number of hydrogen-bond donors (Lipinski definition) is 2. The second-order valence-corrected chi connectivity index (χ2v) is 10.0. The van der Waals surface area contributed by atoms with Crippen LogP contribution in [0.3, 0.4) is 0 Å². The van der Waals surface area contributed by atoms with Crippen molar-refractivity contribution in [2.24, 2.45) is 0 Å². The van der Waals surface area contributed by atoms with Crippen LogP contribution in [0.4, 0.5) is 9.18 Å². The van der Waals surface area contributed by atoms with Crippen LogP contribution < -0.4 is 5.32 Å². The normalized spacial score (nSPS) is 14.5. The van der Waals surface area contributed by atoms with Gasteiger partial charge in [0.1, 0.15) is 11.2 Å². The fraction of sp³-hybridized carbons (Fsp3) is 0.138. The Morgan fingerprint density at radius 1 is 1.08 bits per heavy atom. The first-order chi connectivity index (χ1) is 18.5. The van der Waals surface area contributed by atoms with E-state index in [-0.39, 0.29) is 30.1 Å². The van der Waals surface area contributed by atoms with E-state index in [2.05, 4.69) is 14.9 Å². The third kappa shape index (κ3) is 4.19. The molecule has 4 heterocycles. The molecule has 5 aromatic rings. The number of hydrogen-bond acceptors (Lipinski definition) is 5. The summed E-state index contributed by atoms with van der Waals surface area (Å²) in [5, 5.41) is 12.5. The molecule has 7 nitrogen and oxygen atoms in total. The van der Waals surface area contributed by atoms with Gasteiger partial charge in [0.05, 0.1) is 12.1 Å². The molecule has 38 heavy (non-hydrogen) atoms. The van der Waals surface area contributed by atoms with Gasteiger partial charge in [0.2, 0.25) is 0 Å². The molecule has 0 spiro atoms. The molecular formula is C29H23FN4O3S. The van der Waals surface area contributed by atoms with Gasteiger partial charge in [-0.15, -0.1) is 11.8 Å². The third-order valence-corrected chi connectivity index (χ3v) is 7.96. The van der Waals surface area contributed by atoms with E-state index in [0.717, 1.165) is 22.4 Å². The quantitative estimate of drug-likeness (QED) is 0.296. The predicted molar refractivity (Wildman–Crippen MR) is 145 cm³/mol. The fourth-order valence-electron chi connectivity index (χ4n) is 4.87.